The number of thioether (sulfide) groups is 1. The highest BCUT2D eigenvalue weighted by Crippen LogP contribution is 2.27. The zero-order chi connectivity index (χ0) is 21.7. The van der Waals surface area contributed by atoms with Crippen LogP contribution in [0.2, 0.25) is 0 Å². The molecular weight excluding hydrogens is 420 g/mol. The summed E-state index contributed by atoms with van der Waals surface area (Å²) >= 11 is 2.54. The number of anilines is 2. The molecule has 10 heteroatoms. The first-order chi connectivity index (χ1) is 14.4. The lowest BCUT2D eigenvalue weighted by Gasteiger charge is -2.17. The van der Waals surface area contributed by atoms with Gasteiger partial charge in [-0.05, 0) is 38.0 Å². The molecule has 8 nitrogen and oxygen atoms in total. The van der Waals surface area contributed by atoms with E-state index in [1.165, 1.54) is 17.4 Å². The van der Waals surface area contributed by atoms with Gasteiger partial charge in [0, 0.05) is 18.2 Å². The highest BCUT2D eigenvalue weighted by atomic mass is 32.2. The number of hydrogen-bond acceptors (Lipinski definition) is 8. The van der Waals surface area contributed by atoms with Crippen LogP contribution in [0.3, 0.4) is 0 Å². The van der Waals surface area contributed by atoms with Gasteiger partial charge in [0.15, 0.2) is 5.16 Å². The molecule has 1 amide bonds. The summed E-state index contributed by atoms with van der Waals surface area (Å²) in [5.74, 6) is 0.0195. The fourth-order valence-electron chi connectivity index (χ4n) is 2.74. The van der Waals surface area contributed by atoms with Crippen LogP contribution in [0, 0.1) is 6.92 Å². The number of nitrogen functional groups attached to an aromatic ring is 1. The van der Waals surface area contributed by atoms with E-state index in [1.54, 1.807) is 11.5 Å². The SMILES string of the molecule is CCCCc1nnc(NC(=O)C(C)Sc2nc(=O)cc(N)n2-c2cccc(C)c2)s1. The topological polar surface area (TPSA) is 116 Å². The molecule has 0 aliphatic carbocycles. The van der Waals surface area contributed by atoms with Gasteiger partial charge in [-0.2, -0.15) is 4.98 Å². The van der Waals surface area contributed by atoms with Gasteiger partial charge in [0.25, 0.3) is 5.56 Å². The number of aromatic nitrogens is 4. The molecule has 158 valence electrons. The maximum atomic E-state index is 12.7. The molecule has 2 heterocycles. The largest absolute Gasteiger partial charge is 0.385 e. The smallest absolute Gasteiger partial charge is 0.275 e. The highest BCUT2D eigenvalue weighted by molar-refractivity contribution is 8.00. The van der Waals surface area contributed by atoms with Crippen LogP contribution >= 0.6 is 23.1 Å². The van der Waals surface area contributed by atoms with E-state index in [9.17, 15) is 9.59 Å². The number of nitrogens with two attached hydrogens (primary N) is 1. The highest BCUT2D eigenvalue weighted by Gasteiger charge is 2.20. The Morgan fingerprint density at radius 2 is 2.13 bits per heavy atom. The van der Waals surface area contributed by atoms with Crippen molar-refractivity contribution < 1.29 is 4.79 Å². The monoisotopic (exact) mass is 444 g/mol. The molecule has 0 aliphatic rings. The molecule has 3 N–H and O–H groups in total. The predicted molar refractivity (Wildman–Crippen MR) is 121 cm³/mol. The van der Waals surface area contributed by atoms with Crippen LogP contribution in [0.1, 0.15) is 37.3 Å². The van der Waals surface area contributed by atoms with Crippen LogP contribution in [0.5, 0.6) is 0 Å². The number of nitrogens with one attached hydrogen (secondary N) is 1. The number of unbranched alkanes of at least 4 members (excludes halogenated alkanes) is 1. The Morgan fingerprint density at radius 3 is 2.87 bits per heavy atom. The van der Waals surface area contributed by atoms with Crippen molar-refractivity contribution in [1.29, 1.82) is 0 Å². The third-order valence-corrected chi connectivity index (χ3v) is 6.23. The molecule has 0 radical (unpaired) electrons. The molecule has 1 atom stereocenters. The van der Waals surface area contributed by atoms with Gasteiger partial charge in [-0.25, -0.2) is 0 Å². The molecule has 0 bridgehead atoms. The van der Waals surface area contributed by atoms with Gasteiger partial charge in [-0.15, -0.1) is 10.2 Å². The van der Waals surface area contributed by atoms with E-state index in [0.717, 1.165) is 47.3 Å². The van der Waals surface area contributed by atoms with Gasteiger partial charge in [0.05, 0.1) is 5.25 Å². The maximum absolute atomic E-state index is 12.7. The summed E-state index contributed by atoms with van der Waals surface area (Å²) in [6.07, 6.45) is 2.96. The summed E-state index contributed by atoms with van der Waals surface area (Å²) < 4.78 is 1.68. The Hall–Kier alpha value is -2.72. The normalized spacial score (nSPS) is 12.0. The average molecular weight is 445 g/mol. The number of benzene rings is 1. The van der Waals surface area contributed by atoms with Gasteiger partial charge >= 0.3 is 0 Å². The Kier molecular flexibility index (Phi) is 7.22. The van der Waals surface area contributed by atoms with Crippen molar-refractivity contribution >= 4 is 40.0 Å². The summed E-state index contributed by atoms with van der Waals surface area (Å²) in [5.41, 5.74) is 7.49. The Balaban J connectivity index is 1.79. The molecule has 0 spiro atoms. The lowest BCUT2D eigenvalue weighted by Crippen LogP contribution is -2.24. The number of nitrogens with zero attached hydrogens (tertiary/aromatic N) is 4. The molecular formula is C20H24N6O2S2. The van der Waals surface area contributed by atoms with Crippen molar-refractivity contribution in [2.75, 3.05) is 11.1 Å². The minimum absolute atomic E-state index is 0.245. The lowest BCUT2D eigenvalue weighted by molar-refractivity contribution is -0.115. The Bertz CT molecular complexity index is 1090. The lowest BCUT2D eigenvalue weighted by atomic mass is 10.2. The Morgan fingerprint density at radius 1 is 1.33 bits per heavy atom. The van der Waals surface area contributed by atoms with Crippen molar-refractivity contribution in [1.82, 2.24) is 19.7 Å². The van der Waals surface area contributed by atoms with Gasteiger partial charge in [0.2, 0.25) is 11.0 Å². The molecule has 30 heavy (non-hydrogen) atoms. The fraction of sp³-hybridized carbons (Fsp3) is 0.350. The van der Waals surface area contributed by atoms with Crippen LogP contribution in [0.15, 0.2) is 40.3 Å². The molecule has 2 aromatic heterocycles. The second-order valence-corrected chi connectivity index (χ2v) is 9.20. The quantitative estimate of drug-likeness (QED) is 0.404. The van der Waals surface area contributed by atoms with Gasteiger partial charge < -0.3 is 5.73 Å². The van der Waals surface area contributed by atoms with Gasteiger partial charge in [0.1, 0.15) is 10.8 Å². The van der Waals surface area contributed by atoms with Gasteiger partial charge in [-0.3, -0.25) is 19.5 Å². The van der Waals surface area contributed by atoms with Crippen molar-refractivity contribution in [2.45, 2.75) is 50.4 Å². The van der Waals surface area contributed by atoms with Crippen molar-refractivity contribution in [3.05, 3.63) is 51.3 Å². The summed E-state index contributed by atoms with van der Waals surface area (Å²) in [5, 5.41) is 12.1. The fourth-order valence-corrected chi connectivity index (χ4v) is 4.46. The number of amides is 1. The van der Waals surface area contributed by atoms with Crippen molar-refractivity contribution in [3.8, 4) is 5.69 Å². The molecule has 0 aliphatic heterocycles. The van der Waals surface area contributed by atoms with Crippen LogP contribution in [0.25, 0.3) is 5.69 Å². The number of hydrogen-bond donors (Lipinski definition) is 2. The van der Waals surface area contributed by atoms with E-state index >= 15 is 0 Å². The minimum atomic E-state index is -0.530. The summed E-state index contributed by atoms with van der Waals surface area (Å²) in [6, 6.07) is 8.96. The molecule has 1 aromatic carbocycles. The first-order valence-electron chi connectivity index (χ1n) is 9.64. The van der Waals surface area contributed by atoms with E-state index in [0.29, 0.717) is 10.3 Å². The standard InChI is InChI=1S/C20H24N6O2S2/c1-4-5-9-17-24-25-19(30-17)23-18(28)13(3)29-20-22-16(27)11-15(21)26(20)14-8-6-7-12(2)10-14/h6-8,10-11,13H,4-5,9,21H2,1-3H3,(H,23,25,28). The first kappa shape index (κ1) is 22.0. The summed E-state index contributed by atoms with van der Waals surface area (Å²) in [4.78, 5) is 28.7. The van der Waals surface area contributed by atoms with Gasteiger partial charge in [-0.1, -0.05) is 48.6 Å². The van der Waals surface area contributed by atoms with E-state index in [4.69, 9.17) is 5.73 Å². The molecule has 3 rings (SSSR count). The van der Waals surface area contributed by atoms with Crippen LogP contribution in [-0.2, 0) is 11.2 Å². The number of rotatable bonds is 8. The number of aryl methyl sites for hydroxylation is 2. The number of carbonyl (C=O) groups excluding carboxylic acids is 1. The van der Waals surface area contributed by atoms with Crippen LogP contribution < -0.4 is 16.6 Å². The maximum Gasteiger partial charge on any atom is 0.275 e. The summed E-state index contributed by atoms with van der Waals surface area (Å²) in [7, 11) is 0. The van der Waals surface area contributed by atoms with E-state index in [-0.39, 0.29) is 11.7 Å². The molecule has 0 saturated carbocycles. The van der Waals surface area contributed by atoms with E-state index < -0.39 is 10.8 Å². The zero-order valence-electron chi connectivity index (χ0n) is 17.1. The van der Waals surface area contributed by atoms with E-state index in [1.807, 2.05) is 31.2 Å². The molecule has 0 saturated heterocycles. The van der Waals surface area contributed by atoms with Crippen molar-refractivity contribution in [3.63, 3.8) is 0 Å². The second-order valence-electron chi connectivity index (χ2n) is 6.83. The predicted octanol–water partition coefficient (Wildman–Crippen LogP) is 3.44. The third kappa shape index (κ3) is 5.45. The molecule has 0 fully saturated rings. The average Bonchev–Trinajstić information content (AvgIpc) is 3.13. The van der Waals surface area contributed by atoms with E-state index in [2.05, 4.69) is 27.4 Å². The Labute approximate surface area is 182 Å². The zero-order valence-corrected chi connectivity index (χ0v) is 18.7. The van der Waals surface area contributed by atoms with Crippen LogP contribution in [0.4, 0.5) is 10.9 Å². The molecule has 1 unspecified atom stereocenters. The molecule has 3 aromatic rings. The minimum Gasteiger partial charge on any atom is -0.385 e. The second kappa shape index (κ2) is 9.86. The van der Waals surface area contributed by atoms with Crippen molar-refractivity contribution in [2.24, 2.45) is 0 Å². The third-order valence-electron chi connectivity index (χ3n) is 4.28. The van der Waals surface area contributed by atoms with Crippen LogP contribution in [-0.4, -0.2) is 30.9 Å². The first-order valence-corrected chi connectivity index (χ1v) is 11.3. The number of carbonyl (C=O) groups is 1. The summed E-state index contributed by atoms with van der Waals surface area (Å²) in [6.45, 7) is 5.83.